The third-order valence-electron chi connectivity index (χ3n) is 4.79. The lowest BCUT2D eigenvalue weighted by molar-refractivity contribution is -0.0390. The number of ether oxygens (including phenoxy) is 1. The summed E-state index contributed by atoms with van der Waals surface area (Å²) < 4.78 is 11.3. The highest BCUT2D eigenvalue weighted by atomic mass is 16.5. The number of fused-ring (bicyclic) bond motifs is 2. The number of amides is 1. The molecule has 0 unspecified atom stereocenters. The number of nitrogens with zero attached hydrogens (tertiary/aromatic N) is 1. The average Bonchev–Trinajstić information content (AvgIpc) is 2.96. The van der Waals surface area contributed by atoms with Crippen LogP contribution in [0.15, 0.2) is 39.5 Å². The second-order valence-electron chi connectivity index (χ2n) is 6.63. The minimum absolute atomic E-state index is 0.0492. The van der Waals surface area contributed by atoms with Crippen molar-refractivity contribution in [2.75, 3.05) is 19.7 Å². The number of hydrogen-bond acceptors (Lipinski definition) is 5. The highest BCUT2D eigenvalue weighted by molar-refractivity contribution is 5.93. The van der Waals surface area contributed by atoms with E-state index in [1.807, 2.05) is 0 Å². The topological polar surface area (TPSA) is 71.8 Å². The van der Waals surface area contributed by atoms with Gasteiger partial charge in [-0.15, -0.1) is 0 Å². The summed E-state index contributed by atoms with van der Waals surface area (Å²) in [6.07, 6.45) is 1.09. The lowest BCUT2D eigenvalue weighted by Gasteiger charge is -2.33. The lowest BCUT2D eigenvalue weighted by atomic mass is 10.1. The van der Waals surface area contributed by atoms with Crippen LogP contribution in [0.4, 0.5) is 0 Å². The molecular weight excluding hydrogens is 308 g/mol. The van der Waals surface area contributed by atoms with Crippen molar-refractivity contribution in [2.24, 2.45) is 0 Å². The summed E-state index contributed by atoms with van der Waals surface area (Å²) in [7, 11) is 0. The normalized spacial score (nSPS) is 27.1. The van der Waals surface area contributed by atoms with Crippen LogP contribution in [0.2, 0.25) is 0 Å². The van der Waals surface area contributed by atoms with Crippen molar-refractivity contribution in [1.29, 1.82) is 0 Å². The van der Waals surface area contributed by atoms with Crippen LogP contribution >= 0.6 is 0 Å². The summed E-state index contributed by atoms with van der Waals surface area (Å²) in [4.78, 5) is 26.9. The van der Waals surface area contributed by atoms with Crippen molar-refractivity contribution < 1.29 is 13.9 Å². The highest BCUT2D eigenvalue weighted by Gasteiger charge is 2.37. The van der Waals surface area contributed by atoms with Crippen LogP contribution in [0.25, 0.3) is 11.0 Å². The van der Waals surface area contributed by atoms with Gasteiger partial charge in [-0.05, 0) is 25.5 Å². The van der Waals surface area contributed by atoms with Gasteiger partial charge in [0.15, 0.2) is 11.2 Å². The molecule has 2 aromatic rings. The molecule has 4 rings (SSSR count). The zero-order valence-electron chi connectivity index (χ0n) is 13.5. The zero-order valence-corrected chi connectivity index (χ0v) is 13.5. The number of carbonyl (C=O) groups excluding carboxylic acids is 1. The SMILES string of the molecule is C[C@@H]1CN2C[C@@H](NC(=O)c3cc(=O)c4ccccc4o3)C[C@H]2CO1. The van der Waals surface area contributed by atoms with Crippen molar-refractivity contribution in [2.45, 2.75) is 31.5 Å². The van der Waals surface area contributed by atoms with Crippen LogP contribution in [-0.4, -0.2) is 48.7 Å². The highest BCUT2D eigenvalue weighted by Crippen LogP contribution is 2.23. The van der Waals surface area contributed by atoms with E-state index in [1.54, 1.807) is 24.3 Å². The van der Waals surface area contributed by atoms with Crippen molar-refractivity contribution in [3.8, 4) is 0 Å². The third-order valence-corrected chi connectivity index (χ3v) is 4.79. The van der Waals surface area contributed by atoms with E-state index in [0.717, 1.165) is 19.5 Å². The van der Waals surface area contributed by atoms with E-state index >= 15 is 0 Å². The van der Waals surface area contributed by atoms with Crippen molar-refractivity contribution in [3.05, 3.63) is 46.3 Å². The molecule has 1 N–H and O–H groups in total. The predicted octanol–water partition coefficient (Wildman–Crippen LogP) is 1.38. The largest absolute Gasteiger partial charge is 0.451 e. The summed E-state index contributed by atoms with van der Waals surface area (Å²) in [6.45, 7) is 4.47. The Labute approximate surface area is 139 Å². The van der Waals surface area contributed by atoms with E-state index in [2.05, 4.69) is 17.1 Å². The smallest absolute Gasteiger partial charge is 0.287 e. The van der Waals surface area contributed by atoms with Crippen LogP contribution in [-0.2, 0) is 4.74 Å². The average molecular weight is 328 g/mol. The molecule has 3 heterocycles. The second kappa shape index (κ2) is 6.03. The maximum absolute atomic E-state index is 12.5. The van der Waals surface area contributed by atoms with Gasteiger partial charge in [0.05, 0.1) is 18.1 Å². The molecule has 1 amide bonds. The number of carbonyl (C=O) groups is 1. The summed E-state index contributed by atoms with van der Waals surface area (Å²) >= 11 is 0. The van der Waals surface area contributed by atoms with Gasteiger partial charge in [-0.1, -0.05) is 12.1 Å². The molecule has 0 radical (unpaired) electrons. The van der Waals surface area contributed by atoms with Gasteiger partial charge in [-0.2, -0.15) is 0 Å². The Balaban J connectivity index is 1.50. The fraction of sp³-hybridized carbons (Fsp3) is 0.444. The summed E-state index contributed by atoms with van der Waals surface area (Å²) in [5, 5.41) is 3.47. The van der Waals surface area contributed by atoms with Gasteiger partial charge >= 0.3 is 0 Å². The number of morpholine rings is 1. The van der Waals surface area contributed by atoms with Gasteiger partial charge in [-0.25, -0.2) is 0 Å². The quantitative estimate of drug-likeness (QED) is 0.902. The monoisotopic (exact) mass is 328 g/mol. The van der Waals surface area contributed by atoms with Crippen molar-refractivity contribution in [1.82, 2.24) is 10.2 Å². The number of nitrogens with one attached hydrogen (secondary N) is 1. The Morgan fingerprint density at radius 3 is 3.00 bits per heavy atom. The molecule has 3 atom stereocenters. The standard InChI is InChI=1S/C18H20N2O4/c1-11-8-20-9-12(6-13(20)10-23-11)19-18(22)17-7-15(21)14-4-2-3-5-16(14)24-17/h2-5,7,11-13H,6,8-10H2,1H3,(H,19,22)/t11-,12+,13+/m1/s1. The fourth-order valence-electron chi connectivity index (χ4n) is 3.62. The first kappa shape index (κ1) is 15.4. The third kappa shape index (κ3) is 2.83. The number of hydrogen-bond donors (Lipinski definition) is 1. The molecule has 6 nitrogen and oxygen atoms in total. The molecule has 1 aromatic heterocycles. The first-order chi connectivity index (χ1) is 11.6. The van der Waals surface area contributed by atoms with Crippen LogP contribution < -0.4 is 10.7 Å². The van der Waals surface area contributed by atoms with Crippen LogP contribution in [0, 0.1) is 0 Å². The molecule has 0 saturated carbocycles. The number of benzene rings is 1. The van der Waals surface area contributed by atoms with E-state index in [-0.39, 0.29) is 29.2 Å². The van der Waals surface area contributed by atoms with Crippen molar-refractivity contribution in [3.63, 3.8) is 0 Å². The molecule has 0 aliphatic carbocycles. The van der Waals surface area contributed by atoms with E-state index in [0.29, 0.717) is 23.6 Å². The number of rotatable bonds is 2. The summed E-state index contributed by atoms with van der Waals surface area (Å²) in [5.41, 5.74) is 0.231. The van der Waals surface area contributed by atoms with Crippen LogP contribution in [0.5, 0.6) is 0 Å². The number of para-hydroxylation sites is 1. The molecule has 2 aliphatic heterocycles. The Morgan fingerprint density at radius 1 is 1.29 bits per heavy atom. The minimum atomic E-state index is -0.336. The van der Waals surface area contributed by atoms with E-state index in [4.69, 9.17) is 9.15 Å². The lowest BCUT2D eigenvalue weighted by Crippen LogP contribution is -2.45. The first-order valence-electron chi connectivity index (χ1n) is 8.29. The fourth-order valence-corrected chi connectivity index (χ4v) is 3.62. The molecule has 2 saturated heterocycles. The van der Waals surface area contributed by atoms with Gasteiger partial charge in [0.1, 0.15) is 5.58 Å². The van der Waals surface area contributed by atoms with Gasteiger partial charge in [0.2, 0.25) is 0 Å². The molecule has 2 aliphatic rings. The van der Waals surface area contributed by atoms with Gasteiger partial charge in [0.25, 0.3) is 5.91 Å². The zero-order chi connectivity index (χ0) is 16.7. The molecule has 6 heteroatoms. The Kier molecular flexibility index (Phi) is 3.86. The second-order valence-corrected chi connectivity index (χ2v) is 6.63. The molecule has 2 fully saturated rings. The first-order valence-corrected chi connectivity index (χ1v) is 8.29. The van der Waals surface area contributed by atoms with Gasteiger partial charge in [0, 0.05) is 31.2 Å². The minimum Gasteiger partial charge on any atom is -0.451 e. The van der Waals surface area contributed by atoms with E-state index in [1.165, 1.54) is 6.07 Å². The van der Waals surface area contributed by atoms with E-state index < -0.39 is 0 Å². The molecule has 126 valence electrons. The van der Waals surface area contributed by atoms with Crippen LogP contribution in [0.1, 0.15) is 23.9 Å². The maximum atomic E-state index is 12.5. The Hall–Kier alpha value is -2.18. The Bertz CT molecular complexity index is 831. The van der Waals surface area contributed by atoms with Crippen LogP contribution in [0.3, 0.4) is 0 Å². The molecule has 0 bridgehead atoms. The van der Waals surface area contributed by atoms with Crippen molar-refractivity contribution >= 4 is 16.9 Å². The van der Waals surface area contributed by atoms with Gasteiger partial charge in [-0.3, -0.25) is 14.5 Å². The molecule has 1 aromatic carbocycles. The summed E-state index contributed by atoms with van der Waals surface area (Å²) in [5.74, 6) is -0.273. The maximum Gasteiger partial charge on any atom is 0.287 e. The molecule has 0 spiro atoms. The molecule has 24 heavy (non-hydrogen) atoms. The van der Waals surface area contributed by atoms with Gasteiger partial charge < -0.3 is 14.5 Å². The predicted molar refractivity (Wildman–Crippen MR) is 89.1 cm³/mol. The molecular formula is C18H20N2O4. The summed E-state index contributed by atoms with van der Waals surface area (Å²) in [6, 6.07) is 8.62. The van der Waals surface area contributed by atoms with E-state index in [9.17, 15) is 9.59 Å². The Morgan fingerprint density at radius 2 is 2.12 bits per heavy atom.